The molecule has 2 aromatic heterocycles. The number of hydrogen-bond acceptors (Lipinski definition) is 4. The molecule has 4 rings (SSSR count). The van der Waals surface area contributed by atoms with Crippen molar-refractivity contribution in [1.29, 1.82) is 0 Å². The Bertz CT molecular complexity index is 993. The summed E-state index contributed by atoms with van der Waals surface area (Å²) in [5.41, 5.74) is 11.2. The maximum absolute atomic E-state index is 12.6. The molecular formula is C25H28N4O. The number of benzene rings is 1. The first-order chi connectivity index (χ1) is 14.6. The van der Waals surface area contributed by atoms with Gasteiger partial charge in [0.2, 0.25) is 5.91 Å². The Morgan fingerprint density at radius 2 is 1.83 bits per heavy atom. The zero-order valence-corrected chi connectivity index (χ0v) is 17.4. The summed E-state index contributed by atoms with van der Waals surface area (Å²) in [6, 6.07) is 18.3. The number of carbonyl (C=O) groups excluding carboxylic acids is 1. The fourth-order valence-corrected chi connectivity index (χ4v) is 4.12. The molecular weight excluding hydrogens is 372 g/mol. The molecule has 5 nitrogen and oxygen atoms in total. The van der Waals surface area contributed by atoms with Gasteiger partial charge in [-0.25, -0.2) is 4.98 Å². The lowest BCUT2D eigenvalue weighted by molar-refractivity contribution is -0.132. The summed E-state index contributed by atoms with van der Waals surface area (Å²) in [7, 11) is 0. The first kappa shape index (κ1) is 20.1. The minimum absolute atomic E-state index is 0.253. The maximum Gasteiger partial charge on any atom is 0.222 e. The number of nitrogens with two attached hydrogens (primary N) is 1. The normalized spacial score (nSPS) is 14.6. The molecule has 30 heavy (non-hydrogen) atoms. The first-order valence-electron chi connectivity index (χ1n) is 10.6. The molecule has 0 spiro atoms. The molecule has 2 N–H and O–H groups in total. The predicted molar refractivity (Wildman–Crippen MR) is 120 cm³/mol. The highest BCUT2D eigenvalue weighted by Crippen LogP contribution is 2.30. The number of nitrogen functional groups attached to an aromatic ring is 1. The third-order valence-corrected chi connectivity index (χ3v) is 5.83. The van der Waals surface area contributed by atoms with E-state index in [-0.39, 0.29) is 5.91 Å². The Morgan fingerprint density at radius 3 is 2.53 bits per heavy atom. The summed E-state index contributed by atoms with van der Waals surface area (Å²) in [6.07, 6.45) is 5.09. The van der Waals surface area contributed by atoms with E-state index in [0.717, 1.165) is 54.9 Å². The van der Waals surface area contributed by atoms with E-state index in [0.29, 0.717) is 18.2 Å². The molecule has 0 saturated carbocycles. The number of likely N-dealkylation sites (tertiary alicyclic amines) is 1. The molecule has 0 atom stereocenters. The van der Waals surface area contributed by atoms with Crippen LogP contribution in [-0.4, -0.2) is 33.9 Å². The summed E-state index contributed by atoms with van der Waals surface area (Å²) >= 11 is 0. The van der Waals surface area contributed by atoms with Crippen LogP contribution in [0.1, 0.15) is 42.1 Å². The average Bonchev–Trinajstić information content (AvgIpc) is 2.78. The van der Waals surface area contributed by atoms with E-state index >= 15 is 0 Å². The van der Waals surface area contributed by atoms with Crippen molar-refractivity contribution in [3.8, 4) is 11.1 Å². The van der Waals surface area contributed by atoms with Gasteiger partial charge in [-0.3, -0.25) is 9.78 Å². The van der Waals surface area contributed by atoms with Crippen molar-refractivity contribution >= 4 is 11.7 Å². The average molecular weight is 401 g/mol. The van der Waals surface area contributed by atoms with Crippen molar-refractivity contribution in [2.24, 2.45) is 0 Å². The molecule has 1 aromatic carbocycles. The number of piperidine rings is 1. The lowest BCUT2D eigenvalue weighted by atomic mass is 9.91. The Labute approximate surface area is 178 Å². The van der Waals surface area contributed by atoms with Crippen molar-refractivity contribution in [3.63, 3.8) is 0 Å². The highest BCUT2D eigenvalue weighted by molar-refractivity contribution is 5.76. The van der Waals surface area contributed by atoms with Crippen LogP contribution in [0.25, 0.3) is 11.1 Å². The molecule has 3 heterocycles. The second-order valence-electron chi connectivity index (χ2n) is 8.03. The number of amides is 1. The van der Waals surface area contributed by atoms with Crippen LogP contribution in [0.5, 0.6) is 0 Å². The lowest BCUT2D eigenvalue weighted by Crippen LogP contribution is -2.38. The van der Waals surface area contributed by atoms with Crippen LogP contribution in [0.4, 0.5) is 5.82 Å². The van der Waals surface area contributed by atoms with E-state index in [1.807, 2.05) is 48.4 Å². The minimum Gasteiger partial charge on any atom is -0.384 e. The Morgan fingerprint density at radius 1 is 1.07 bits per heavy atom. The molecule has 1 amide bonds. The van der Waals surface area contributed by atoms with Gasteiger partial charge in [0.1, 0.15) is 5.82 Å². The summed E-state index contributed by atoms with van der Waals surface area (Å²) in [6.45, 7) is 3.62. The largest absolute Gasteiger partial charge is 0.384 e. The summed E-state index contributed by atoms with van der Waals surface area (Å²) in [4.78, 5) is 23.6. The number of nitrogens with zero attached hydrogens (tertiary/aromatic N) is 3. The SMILES string of the molecule is Cc1cc(-c2ccc(N)nc2)cc(C2CCN(C(=O)CCc3ccccc3)CC2)n1. The van der Waals surface area contributed by atoms with Crippen LogP contribution < -0.4 is 5.73 Å². The molecule has 5 heteroatoms. The molecule has 1 saturated heterocycles. The minimum atomic E-state index is 0.253. The number of hydrogen-bond donors (Lipinski definition) is 1. The van der Waals surface area contributed by atoms with E-state index in [1.165, 1.54) is 5.56 Å². The predicted octanol–water partition coefficient (Wildman–Crippen LogP) is 4.37. The number of anilines is 1. The molecule has 154 valence electrons. The van der Waals surface area contributed by atoms with Gasteiger partial charge in [0.15, 0.2) is 0 Å². The second-order valence-corrected chi connectivity index (χ2v) is 8.03. The van der Waals surface area contributed by atoms with Gasteiger partial charge in [0.05, 0.1) is 0 Å². The summed E-state index contributed by atoms with van der Waals surface area (Å²) in [5, 5.41) is 0. The highest BCUT2D eigenvalue weighted by Gasteiger charge is 2.25. The monoisotopic (exact) mass is 400 g/mol. The molecule has 1 aliphatic rings. The third kappa shape index (κ3) is 4.85. The van der Waals surface area contributed by atoms with E-state index in [4.69, 9.17) is 10.7 Å². The molecule has 1 aliphatic heterocycles. The number of rotatable bonds is 5. The van der Waals surface area contributed by atoms with Gasteiger partial charge >= 0.3 is 0 Å². The van der Waals surface area contributed by atoms with Gasteiger partial charge in [-0.2, -0.15) is 0 Å². The molecule has 1 fully saturated rings. The Hall–Kier alpha value is -3.21. The van der Waals surface area contributed by atoms with E-state index in [9.17, 15) is 4.79 Å². The van der Waals surface area contributed by atoms with Crippen molar-refractivity contribution in [2.75, 3.05) is 18.8 Å². The quantitative estimate of drug-likeness (QED) is 0.690. The van der Waals surface area contributed by atoms with Crippen LogP contribution in [0.15, 0.2) is 60.8 Å². The zero-order chi connectivity index (χ0) is 20.9. The summed E-state index contributed by atoms with van der Waals surface area (Å²) < 4.78 is 0. The van der Waals surface area contributed by atoms with Crippen LogP contribution in [0.2, 0.25) is 0 Å². The molecule has 0 unspecified atom stereocenters. The van der Waals surface area contributed by atoms with Gasteiger partial charge in [-0.05, 0) is 61.6 Å². The summed E-state index contributed by atoms with van der Waals surface area (Å²) in [5.74, 6) is 1.15. The van der Waals surface area contributed by atoms with Crippen molar-refractivity contribution in [3.05, 3.63) is 77.7 Å². The smallest absolute Gasteiger partial charge is 0.222 e. The third-order valence-electron chi connectivity index (χ3n) is 5.83. The Balaban J connectivity index is 1.38. The first-order valence-corrected chi connectivity index (χ1v) is 10.6. The maximum atomic E-state index is 12.6. The molecule has 0 bridgehead atoms. The lowest BCUT2D eigenvalue weighted by Gasteiger charge is -2.32. The van der Waals surface area contributed by atoms with Crippen LogP contribution in [0, 0.1) is 6.92 Å². The number of aryl methyl sites for hydroxylation is 2. The van der Waals surface area contributed by atoms with E-state index in [1.54, 1.807) is 0 Å². The van der Waals surface area contributed by atoms with Crippen LogP contribution >= 0.6 is 0 Å². The van der Waals surface area contributed by atoms with Gasteiger partial charge in [0, 0.05) is 48.6 Å². The van der Waals surface area contributed by atoms with Crippen LogP contribution in [0.3, 0.4) is 0 Å². The number of carbonyl (C=O) groups is 1. The zero-order valence-electron chi connectivity index (χ0n) is 17.4. The standard InChI is InChI=1S/C25H28N4O/c1-18-15-22(21-8-9-24(26)27-17-21)16-23(28-18)20-11-13-29(14-12-20)25(30)10-7-19-5-3-2-4-6-19/h2-6,8-9,15-17,20H,7,10-14H2,1H3,(H2,26,27). The number of aromatic nitrogens is 2. The van der Waals surface area contributed by atoms with Crippen molar-refractivity contribution in [1.82, 2.24) is 14.9 Å². The van der Waals surface area contributed by atoms with Crippen molar-refractivity contribution < 1.29 is 4.79 Å². The van der Waals surface area contributed by atoms with Gasteiger partial charge in [-0.1, -0.05) is 30.3 Å². The molecule has 0 aliphatic carbocycles. The fourth-order valence-electron chi connectivity index (χ4n) is 4.12. The van der Waals surface area contributed by atoms with Gasteiger partial charge in [-0.15, -0.1) is 0 Å². The Kier molecular flexibility index (Phi) is 6.07. The number of pyridine rings is 2. The van der Waals surface area contributed by atoms with Gasteiger partial charge < -0.3 is 10.6 Å². The highest BCUT2D eigenvalue weighted by atomic mass is 16.2. The fraction of sp³-hybridized carbons (Fsp3) is 0.320. The van der Waals surface area contributed by atoms with Gasteiger partial charge in [0.25, 0.3) is 0 Å². The second kappa shape index (κ2) is 9.08. The molecule has 0 radical (unpaired) electrons. The van der Waals surface area contributed by atoms with Crippen LogP contribution in [-0.2, 0) is 11.2 Å². The topological polar surface area (TPSA) is 72.1 Å². The molecule has 3 aromatic rings. The van der Waals surface area contributed by atoms with E-state index in [2.05, 4.69) is 29.2 Å². The van der Waals surface area contributed by atoms with Crippen molar-refractivity contribution in [2.45, 2.75) is 38.5 Å². The van der Waals surface area contributed by atoms with E-state index < -0.39 is 0 Å².